The highest BCUT2D eigenvalue weighted by molar-refractivity contribution is 5.73. The van der Waals surface area contributed by atoms with Gasteiger partial charge in [0.2, 0.25) is 0 Å². The Balaban J connectivity index is 2.09. The van der Waals surface area contributed by atoms with Gasteiger partial charge in [0, 0.05) is 24.8 Å². The maximum Gasteiger partial charge on any atom is 0.124 e. The van der Waals surface area contributed by atoms with E-state index in [2.05, 4.69) is 30.1 Å². The molecule has 0 fully saturated rings. The molecule has 2 aromatic rings. The lowest BCUT2D eigenvalue weighted by molar-refractivity contribution is 0.477. The molecule has 2 aromatic carbocycles. The van der Waals surface area contributed by atoms with E-state index in [1.54, 1.807) is 12.1 Å². The Morgan fingerprint density at radius 1 is 1.29 bits per heavy atom. The second kappa shape index (κ2) is 3.81. The highest BCUT2D eigenvalue weighted by atomic mass is 16.3. The number of benzene rings is 2. The summed E-state index contributed by atoms with van der Waals surface area (Å²) in [6, 6.07) is 14.7. The molecule has 0 saturated heterocycles. The summed E-state index contributed by atoms with van der Waals surface area (Å²) in [5, 5.41) is 9.82. The van der Waals surface area contributed by atoms with Gasteiger partial charge in [-0.15, -0.1) is 0 Å². The van der Waals surface area contributed by atoms with Gasteiger partial charge in [-0.25, -0.2) is 0 Å². The van der Waals surface area contributed by atoms with Gasteiger partial charge < -0.3 is 10.0 Å². The van der Waals surface area contributed by atoms with Crippen molar-refractivity contribution in [1.29, 1.82) is 0 Å². The van der Waals surface area contributed by atoms with E-state index < -0.39 is 0 Å². The lowest BCUT2D eigenvalue weighted by Gasteiger charge is -2.12. The van der Waals surface area contributed by atoms with Crippen LogP contribution in [0.25, 0.3) is 11.1 Å². The molecule has 0 spiro atoms. The Morgan fingerprint density at radius 3 is 3.00 bits per heavy atom. The maximum absolute atomic E-state index is 9.82. The third kappa shape index (κ3) is 1.66. The van der Waals surface area contributed by atoms with Gasteiger partial charge in [-0.1, -0.05) is 18.2 Å². The van der Waals surface area contributed by atoms with Gasteiger partial charge in [0.05, 0.1) is 0 Å². The Bertz CT molecular complexity index is 563. The molecule has 3 rings (SSSR count). The monoisotopic (exact) mass is 224 g/mol. The molecule has 0 aliphatic carbocycles. The van der Waals surface area contributed by atoms with Gasteiger partial charge in [-0.3, -0.25) is 0 Å². The van der Waals surface area contributed by atoms with Crippen LogP contribution in [0.4, 0.5) is 5.69 Å². The highest BCUT2D eigenvalue weighted by Crippen LogP contribution is 2.34. The predicted molar refractivity (Wildman–Crippen MR) is 69.4 cm³/mol. The molecule has 1 radical (unpaired) electrons. The minimum absolute atomic E-state index is 0.291. The largest absolute Gasteiger partial charge is 0.507 e. The minimum atomic E-state index is 0.291. The van der Waals surface area contributed by atoms with Crippen LogP contribution >= 0.6 is 0 Å². The fourth-order valence-electron chi connectivity index (χ4n) is 2.38. The van der Waals surface area contributed by atoms with Gasteiger partial charge >= 0.3 is 0 Å². The molecular weight excluding hydrogens is 210 g/mol. The highest BCUT2D eigenvalue weighted by Gasteiger charge is 2.16. The molecule has 85 valence electrons. The predicted octanol–water partition coefficient (Wildman–Crippen LogP) is 2.85. The second-order valence-corrected chi connectivity index (χ2v) is 4.45. The Morgan fingerprint density at radius 2 is 2.18 bits per heavy atom. The van der Waals surface area contributed by atoms with Crippen LogP contribution in [0.1, 0.15) is 5.56 Å². The average molecular weight is 224 g/mol. The molecule has 2 heteroatoms. The first-order chi connectivity index (χ1) is 8.25. The average Bonchev–Trinajstić information content (AvgIpc) is 2.71. The SMILES string of the molecule is CN1CCc2cc(-c3[c]cccc3O)ccc21. The van der Waals surface area contributed by atoms with E-state index in [4.69, 9.17) is 0 Å². The lowest BCUT2D eigenvalue weighted by atomic mass is 10.0. The smallest absolute Gasteiger partial charge is 0.124 e. The van der Waals surface area contributed by atoms with Gasteiger partial charge in [-0.2, -0.15) is 0 Å². The molecule has 0 unspecified atom stereocenters. The number of hydrogen-bond acceptors (Lipinski definition) is 2. The molecule has 17 heavy (non-hydrogen) atoms. The zero-order chi connectivity index (χ0) is 11.8. The summed E-state index contributed by atoms with van der Waals surface area (Å²) in [5.74, 6) is 0.291. The first-order valence-corrected chi connectivity index (χ1v) is 5.80. The van der Waals surface area contributed by atoms with E-state index in [1.165, 1.54) is 11.3 Å². The third-order valence-electron chi connectivity index (χ3n) is 3.33. The van der Waals surface area contributed by atoms with E-state index in [1.807, 2.05) is 12.1 Å². The number of aromatic hydroxyl groups is 1. The molecular formula is C15H14NO. The van der Waals surface area contributed by atoms with Gasteiger partial charge in [0.15, 0.2) is 0 Å². The number of phenols is 1. The number of rotatable bonds is 1. The summed E-state index contributed by atoms with van der Waals surface area (Å²) < 4.78 is 0. The number of nitrogens with zero attached hydrogens (tertiary/aromatic N) is 1. The van der Waals surface area contributed by atoms with Gasteiger partial charge in [-0.05, 0) is 41.8 Å². The van der Waals surface area contributed by atoms with Crippen molar-refractivity contribution in [2.24, 2.45) is 0 Å². The van der Waals surface area contributed by atoms with Crippen molar-refractivity contribution in [3.05, 3.63) is 48.0 Å². The van der Waals surface area contributed by atoms with Crippen LogP contribution in [0.3, 0.4) is 0 Å². The Labute approximate surface area is 101 Å². The molecule has 2 nitrogen and oxygen atoms in total. The summed E-state index contributed by atoms with van der Waals surface area (Å²) in [7, 11) is 2.11. The fraction of sp³-hybridized carbons (Fsp3) is 0.200. The molecule has 0 amide bonds. The summed E-state index contributed by atoms with van der Waals surface area (Å²) >= 11 is 0. The third-order valence-corrected chi connectivity index (χ3v) is 3.33. The summed E-state index contributed by atoms with van der Waals surface area (Å²) in [6.45, 7) is 1.07. The maximum atomic E-state index is 9.82. The van der Waals surface area contributed by atoms with Gasteiger partial charge in [0.25, 0.3) is 0 Å². The standard InChI is InChI=1S/C15H14NO/c1-16-9-8-12-10-11(6-7-14(12)16)13-4-2-3-5-15(13)17/h2-3,5-7,10,17H,8-9H2,1H3. The minimum Gasteiger partial charge on any atom is -0.507 e. The first-order valence-electron chi connectivity index (χ1n) is 5.80. The van der Waals surface area contributed by atoms with E-state index in [-0.39, 0.29) is 0 Å². The van der Waals surface area contributed by atoms with Crippen molar-refractivity contribution >= 4 is 5.69 Å². The second-order valence-electron chi connectivity index (χ2n) is 4.45. The molecule has 0 bridgehead atoms. The van der Waals surface area contributed by atoms with Crippen LogP contribution in [-0.2, 0) is 6.42 Å². The summed E-state index contributed by atoms with van der Waals surface area (Å²) in [5.41, 5.74) is 4.47. The molecule has 0 aromatic heterocycles. The number of phenolic OH excluding ortho intramolecular Hbond substituents is 1. The fourth-order valence-corrected chi connectivity index (χ4v) is 2.38. The van der Waals surface area contributed by atoms with Crippen molar-refractivity contribution in [3.63, 3.8) is 0 Å². The molecule has 1 heterocycles. The molecule has 0 atom stereocenters. The van der Waals surface area contributed by atoms with Crippen LogP contribution in [0.15, 0.2) is 36.4 Å². The number of anilines is 1. The van der Waals surface area contributed by atoms with E-state index in [0.29, 0.717) is 5.75 Å². The van der Waals surface area contributed by atoms with E-state index >= 15 is 0 Å². The molecule has 1 aliphatic heterocycles. The zero-order valence-electron chi connectivity index (χ0n) is 9.77. The quantitative estimate of drug-likeness (QED) is 0.805. The lowest BCUT2D eigenvalue weighted by Crippen LogP contribution is -2.12. The first kappa shape index (κ1) is 10.2. The van der Waals surface area contributed by atoms with Crippen molar-refractivity contribution in [2.75, 3.05) is 18.5 Å². The molecule has 1 aliphatic rings. The zero-order valence-corrected chi connectivity index (χ0v) is 9.77. The van der Waals surface area contributed by atoms with Crippen molar-refractivity contribution < 1.29 is 5.11 Å². The molecule has 0 saturated carbocycles. The summed E-state index contributed by atoms with van der Waals surface area (Å²) in [6.07, 6.45) is 1.08. The summed E-state index contributed by atoms with van der Waals surface area (Å²) in [4.78, 5) is 2.26. The number of likely N-dealkylation sites (N-methyl/N-ethyl adjacent to an activating group) is 1. The van der Waals surface area contributed by atoms with E-state index in [9.17, 15) is 5.11 Å². The van der Waals surface area contributed by atoms with Crippen LogP contribution in [0, 0.1) is 6.07 Å². The van der Waals surface area contributed by atoms with Crippen molar-refractivity contribution in [1.82, 2.24) is 0 Å². The number of hydrogen-bond donors (Lipinski definition) is 1. The van der Waals surface area contributed by atoms with Crippen LogP contribution in [-0.4, -0.2) is 18.7 Å². The normalized spacial score (nSPS) is 13.8. The molecule has 1 N–H and O–H groups in total. The van der Waals surface area contributed by atoms with Crippen LogP contribution < -0.4 is 4.90 Å². The Kier molecular flexibility index (Phi) is 2.29. The Hall–Kier alpha value is -1.96. The number of fused-ring (bicyclic) bond motifs is 1. The van der Waals surface area contributed by atoms with Crippen LogP contribution in [0.2, 0.25) is 0 Å². The van der Waals surface area contributed by atoms with Crippen LogP contribution in [0.5, 0.6) is 5.75 Å². The van der Waals surface area contributed by atoms with Crippen molar-refractivity contribution in [3.8, 4) is 16.9 Å². The van der Waals surface area contributed by atoms with E-state index in [0.717, 1.165) is 24.1 Å². The van der Waals surface area contributed by atoms with Gasteiger partial charge in [0.1, 0.15) is 5.75 Å². The van der Waals surface area contributed by atoms with Crippen molar-refractivity contribution in [2.45, 2.75) is 6.42 Å². The topological polar surface area (TPSA) is 23.5 Å².